The van der Waals surface area contributed by atoms with Gasteiger partial charge in [-0.3, -0.25) is 0 Å². The van der Waals surface area contributed by atoms with E-state index in [0.717, 1.165) is 18.6 Å². The van der Waals surface area contributed by atoms with Gasteiger partial charge < -0.3 is 4.98 Å². The molecule has 0 bridgehead atoms. The Bertz CT molecular complexity index is 551. The molecule has 1 nitrogen and oxygen atoms in total. The maximum atomic E-state index is 4.34. The van der Waals surface area contributed by atoms with E-state index in [4.69, 9.17) is 0 Å². The van der Waals surface area contributed by atoms with Gasteiger partial charge in [0.1, 0.15) is 0 Å². The molecule has 0 spiro atoms. The fraction of sp³-hybridized carbons (Fsp3) is 0.375. The van der Waals surface area contributed by atoms with Crippen molar-refractivity contribution in [3.63, 3.8) is 0 Å². The second kappa shape index (κ2) is 6.14. The fourth-order valence-corrected chi connectivity index (χ4v) is 2.76. The van der Waals surface area contributed by atoms with E-state index in [-0.39, 0.29) is 0 Å². The number of nitrogens with one attached hydrogen (secondary N) is 1. The monoisotopic (exact) mass is 259 g/mol. The summed E-state index contributed by atoms with van der Waals surface area (Å²) in [5.74, 6) is 0.802. The van der Waals surface area contributed by atoms with E-state index >= 15 is 0 Å². The molecule has 0 unspecified atom stereocenters. The zero-order chi connectivity index (χ0) is 13.0. The van der Waals surface area contributed by atoms with Gasteiger partial charge in [-0.15, -0.1) is 0 Å². The molecular formula is C16H21NS. The van der Waals surface area contributed by atoms with Crippen LogP contribution in [0.5, 0.6) is 0 Å². The maximum absolute atomic E-state index is 4.34. The third-order valence-electron chi connectivity index (χ3n) is 3.38. The third-order valence-corrected chi connectivity index (χ3v) is 3.56. The van der Waals surface area contributed by atoms with Gasteiger partial charge in [0, 0.05) is 28.4 Å². The summed E-state index contributed by atoms with van der Waals surface area (Å²) in [5, 5.41) is 1.39. The second-order valence-electron chi connectivity index (χ2n) is 4.56. The fourth-order valence-electron chi connectivity index (χ4n) is 2.53. The van der Waals surface area contributed by atoms with Crippen LogP contribution in [-0.4, -0.2) is 10.7 Å². The Morgan fingerprint density at radius 1 is 1.33 bits per heavy atom. The van der Waals surface area contributed by atoms with E-state index < -0.39 is 0 Å². The SMILES string of the molecule is CCC/C(=C\CS)c1c[nH]c2cccc(CC)c12. The number of thiol groups is 1. The zero-order valence-corrected chi connectivity index (χ0v) is 12.1. The number of aromatic nitrogens is 1. The lowest BCUT2D eigenvalue weighted by Gasteiger charge is -2.07. The van der Waals surface area contributed by atoms with Crippen molar-refractivity contribution in [2.75, 3.05) is 5.75 Å². The summed E-state index contributed by atoms with van der Waals surface area (Å²) in [6, 6.07) is 6.51. The molecule has 0 amide bonds. The Morgan fingerprint density at radius 3 is 2.83 bits per heavy atom. The Kier molecular flexibility index (Phi) is 4.54. The van der Waals surface area contributed by atoms with E-state index in [0.29, 0.717) is 0 Å². The van der Waals surface area contributed by atoms with Gasteiger partial charge in [-0.25, -0.2) is 0 Å². The summed E-state index contributed by atoms with van der Waals surface area (Å²) in [6.45, 7) is 4.44. The van der Waals surface area contributed by atoms with Crippen LogP contribution in [0, 0.1) is 0 Å². The van der Waals surface area contributed by atoms with Gasteiger partial charge in [0.15, 0.2) is 0 Å². The molecule has 18 heavy (non-hydrogen) atoms. The van der Waals surface area contributed by atoms with Crippen molar-refractivity contribution in [2.45, 2.75) is 33.1 Å². The molecule has 2 aromatic rings. The largest absolute Gasteiger partial charge is 0.361 e. The Hall–Kier alpha value is -1.15. The number of benzene rings is 1. The van der Waals surface area contributed by atoms with Crippen LogP contribution < -0.4 is 0 Å². The first kappa shape index (κ1) is 13.3. The molecule has 0 aliphatic carbocycles. The normalized spacial score (nSPS) is 12.3. The van der Waals surface area contributed by atoms with Crippen LogP contribution in [0.1, 0.15) is 37.8 Å². The quantitative estimate of drug-likeness (QED) is 0.714. The van der Waals surface area contributed by atoms with Crippen molar-refractivity contribution < 1.29 is 0 Å². The highest BCUT2D eigenvalue weighted by atomic mass is 32.1. The number of aryl methyl sites for hydroxylation is 1. The molecule has 0 saturated heterocycles. The van der Waals surface area contributed by atoms with Gasteiger partial charge in [0.05, 0.1) is 0 Å². The Morgan fingerprint density at radius 2 is 2.17 bits per heavy atom. The lowest BCUT2D eigenvalue weighted by molar-refractivity contribution is 0.973. The third kappa shape index (κ3) is 2.49. The summed E-state index contributed by atoms with van der Waals surface area (Å²) in [5.41, 5.74) is 5.44. The molecule has 2 rings (SSSR count). The van der Waals surface area contributed by atoms with E-state index in [9.17, 15) is 0 Å². The maximum Gasteiger partial charge on any atom is 0.0463 e. The summed E-state index contributed by atoms with van der Waals surface area (Å²) in [6.07, 6.45) is 7.74. The number of H-pyrrole nitrogens is 1. The molecule has 1 aromatic carbocycles. The highest BCUT2D eigenvalue weighted by molar-refractivity contribution is 7.80. The molecule has 0 radical (unpaired) electrons. The van der Waals surface area contributed by atoms with Crippen LogP contribution in [0.2, 0.25) is 0 Å². The van der Waals surface area contributed by atoms with Gasteiger partial charge in [-0.1, -0.05) is 38.5 Å². The van der Waals surface area contributed by atoms with E-state index in [2.05, 4.69) is 61.9 Å². The van der Waals surface area contributed by atoms with Crippen LogP contribution in [0.15, 0.2) is 30.5 Å². The molecule has 96 valence electrons. The highest BCUT2D eigenvalue weighted by Crippen LogP contribution is 2.30. The molecule has 0 aliphatic heterocycles. The number of hydrogen-bond donors (Lipinski definition) is 2. The summed E-state index contributed by atoms with van der Waals surface area (Å²) < 4.78 is 0. The standard InChI is InChI=1S/C16H21NS/c1-3-6-13(9-10-18)14-11-17-15-8-5-7-12(4-2)16(14)15/h5,7-9,11,17-18H,3-4,6,10H2,1-2H3/b13-9+. The van der Waals surface area contributed by atoms with Gasteiger partial charge in [0.2, 0.25) is 0 Å². The molecule has 0 fully saturated rings. The Balaban J connectivity index is 2.59. The van der Waals surface area contributed by atoms with Crippen LogP contribution in [0.25, 0.3) is 16.5 Å². The minimum Gasteiger partial charge on any atom is -0.361 e. The molecule has 2 heteroatoms. The first-order valence-electron chi connectivity index (χ1n) is 6.71. The van der Waals surface area contributed by atoms with Crippen molar-refractivity contribution in [3.8, 4) is 0 Å². The van der Waals surface area contributed by atoms with Gasteiger partial charge >= 0.3 is 0 Å². The number of aromatic amines is 1. The van der Waals surface area contributed by atoms with Gasteiger partial charge in [-0.05, 0) is 30.0 Å². The van der Waals surface area contributed by atoms with Crippen LogP contribution in [0.4, 0.5) is 0 Å². The lowest BCUT2D eigenvalue weighted by Crippen LogP contribution is -1.88. The average molecular weight is 259 g/mol. The minimum absolute atomic E-state index is 0.802. The van der Waals surface area contributed by atoms with Crippen LogP contribution in [0.3, 0.4) is 0 Å². The number of allylic oxidation sites excluding steroid dienone is 1. The first-order valence-corrected chi connectivity index (χ1v) is 7.34. The molecular weight excluding hydrogens is 238 g/mol. The van der Waals surface area contributed by atoms with E-state index in [1.54, 1.807) is 0 Å². The van der Waals surface area contributed by atoms with Crippen molar-refractivity contribution >= 4 is 29.1 Å². The van der Waals surface area contributed by atoms with E-state index in [1.807, 2.05) is 0 Å². The molecule has 0 atom stereocenters. The predicted octanol–water partition coefficient (Wildman–Crippen LogP) is 4.84. The predicted molar refractivity (Wildman–Crippen MR) is 84.4 cm³/mol. The Labute approximate surface area is 115 Å². The van der Waals surface area contributed by atoms with Crippen LogP contribution >= 0.6 is 12.6 Å². The number of fused-ring (bicyclic) bond motifs is 1. The number of hydrogen-bond acceptors (Lipinski definition) is 1. The summed E-state index contributed by atoms with van der Waals surface area (Å²) >= 11 is 4.34. The smallest absolute Gasteiger partial charge is 0.0463 e. The summed E-state index contributed by atoms with van der Waals surface area (Å²) in [7, 11) is 0. The average Bonchev–Trinajstić information content (AvgIpc) is 2.82. The number of rotatable bonds is 5. The van der Waals surface area contributed by atoms with Crippen molar-refractivity contribution in [2.24, 2.45) is 0 Å². The minimum atomic E-state index is 0.802. The van der Waals surface area contributed by atoms with Crippen molar-refractivity contribution in [1.29, 1.82) is 0 Å². The van der Waals surface area contributed by atoms with Gasteiger partial charge in [0.25, 0.3) is 0 Å². The second-order valence-corrected chi connectivity index (χ2v) is 4.92. The highest BCUT2D eigenvalue weighted by Gasteiger charge is 2.10. The van der Waals surface area contributed by atoms with Crippen LogP contribution in [-0.2, 0) is 6.42 Å². The van der Waals surface area contributed by atoms with Crippen molar-refractivity contribution in [3.05, 3.63) is 41.6 Å². The zero-order valence-electron chi connectivity index (χ0n) is 11.2. The first-order chi connectivity index (χ1) is 8.81. The molecule has 1 aromatic heterocycles. The topological polar surface area (TPSA) is 15.8 Å². The van der Waals surface area contributed by atoms with Crippen molar-refractivity contribution in [1.82, 2.24) is 4.98 Å². The lowest BCUT2D eigenvalue weighted by atomic mass is 9.97. The van der Waals surface area contributed by atoms with Gasteiger partial charge in [-0.2, -0.15) is 12.6 Å². The molecule has 1 heterocycles. The molecule has 1 N–H and O–H groups in total. The summed E-state index contributed by atoms with van der Waals surface area (Å²) in [4.78, 5) is 3.39. The molecule has 0 aliphatic rings. The molecule has 0 saturated carbocycles. The van der Waals surface area contributed by atoms with E-state index in [1.165, 1.54) is 34.0 Å².